The van der Waals surface area contributed by atoms with Crippen molar-refractivity contribution in [3.63, 3.8) is 0 Å². The molecule has 0 fully saturated rings. The molecule has 0 spiro atoms. The maximum absolute atomic E-state index is 11.4. The molecule has 0 N–H and O–H groups in total. The monoisotopic (exact) mass is 272 g/mol. The number of halogens is 1. The number of rotatable bonds is 2. The highest BCUT2D eigenvalue weighted by atomic mass is 79.9. The van der Waals surface area contributed by atoms with Crippen LogP contribution in [-0.4, -0.2) is 32.9 Å². The first-order valence-electron chi connectivity index (χ1n) is 4.05. The lowest BCUT2D eigenvalue weighted by molar-refractivity contribution is 0.0518. The molecule has 78 valence electrons. The molecule has 0 aliphatic heterocycles. The molecule has 0 aliphatic rings. The fraction of sp³-hybridized carbons (Fsp3) is 0.286. The lowest BCUT2D eigenvalue weighted by Crippen LogP contribution is -2.09. The second-order valence-corrected chi connectivity index (χ2v) is 3.25. The van der Waals surface area contributed by atoms with E-state index in [0.717, 1.165) is 0 Å². The van der Waals surface area contributed by atoms with Crippen molar-refractivity contribution in [3.05, 3.63) is 10.3 Å². The highest BCUT2D eigenvalue weighted by molar-refractivity contribution is 9.10. The topological polar surface area (TPSA) is 91.0 Å². The Morgan fingerprint density at radius 1 is 1.40 bits per heavy atom. The SMILES string of the molecule is CCOC(=O)c1nc2nonc2nc1Br. The smallest absolute Gasteiger partial charge is 0.359 e. The maximum atomic E-state index is 11.4. The van der Waals surface area contributed by atoms with Crippen LogP contribution >= 0.6 is 15.9 Å². The number of hydrogen-bond donors (Lipinski definition) is 0. The minimum Gasteiger partial charge on any atom is -0.461 e. The number of carbonyl (C=O) groups excluding carboxylic acids is 1. The molecule has 0 atom stereocenters. The van der Waals surface area contributed by atoms with E-state index < -0.39 is 5.97 Å². The fourth-order valence-corrected chi connectivity index (χ4v) is 1.37. The summed E-state index contributed by atoms with van der Waals surface area (Å²) in [4.78, 5) is 19.2. The van der Waals surface area contributed by atoms with Gasteiger partial charge in [-0.25, -0.2) is 19.4 Å². The van der Waals surface area contributed by atoms with Crippen LogP contribution in [0.1, 0.15) is 17.4 Å². The van der Waals surface area contributed by atoms with Crippen LogP contribution in [0.4, 0.5) is 0 Å². The van der Waals surface area contributed by atoms with Crippen molar-refractivity contribution in [2.24, 2.45) is 0 Å². The van der Waals surface area contributed by atoms with E-state index in [4.69, 9.17) is 4.74 Å². The van der Waals surface area contributed by atoms with Gasteiger partial charge in [0, 0.05) is 0 Å². The first-order chi connectivity index (χ1) is 7.22. The van der Waals surface area contributed by atoms with Gasteiger partial charge in [0.2, 0.25) is 11.3 Å². The van der Waals surface area contributed by atoms with Crippen molar-refractivity contribution in [3.8, 4) is 0 Å². The van der Waals surface area contributed by atoms with E-state index in [1.807, 2.05) is 0 Å². The van der Waals surface area contributed by atoms with Crippen molar-refractivity contribution in [2.45, 2.75) is 6.92 Å². The lowest BCUT2D eigenvalue weighted by atomic mass is 10.4. The Balaban J connectivity index is 2.50. The Morgan fingerprint density at radius 3 is 2.73 bits per heavy atom. The van der Waals surface area contributed by atoms with E-state index in [1.165, 1.54) is 0 Å². The number of esters is 1. The molecule has 0 unspecified atom stereocenters. The molecule has 0 saturated heterocycles. The number of aromatic nitrogens is 4. The number of carbonyl (C=O) groups is 1. The molecule has 2 aromatic rings. The van der Waals surface area contributed by atoms with Gasteiger partial charge in [-0.3, -0.25) is 0 Å². The summed E-state index contributed by atoms with van der Waals surface area (Å²) >= 11 is 3.09. The summed E-state index contributed by atoms with van der Waals surface area (Å²) < 4.78 is 9.45. The molecule has 0 amide bonds. The summed E-state index contributed by atoms with van der Waals surface area (Å²) in [6.07, 6.45) is 0. The van der Waals surface area contributed by atoms with Gasteiger partial charge in [-0.05, 0) is 33.2 Å². The molecular formula is C7H5BrN4O3. The third kappa shape index (κ3) is 1.80. The zero-order valence-corrected chi connectivity index (χ0v) is 9.18. The zero-order chi connectivity index (χ0) is 10.8. The van der Waals surface area contributed by atoms with Crippen LogP contribution in [0.25, 0.3) is 11.3 Å². The normalized spacial score (nSPS) is 10.5. The summed E-state index contributed by atoms with van der Waals surface area (Å²) in [6.45, 7) is 1.97. The average Bonchev–Trinajstić information content (AvgIpc) is 2.63. The zero-order valence-electron chi connectivity index (χ0n) is 7.60. The molecule has 0 aliphatic carbocycles. The first kappa shape index (κ1) is 9.97. The van der Waals surface area contributed by atoms with Crippen molar-refractivity contribution in [2.75, 3.05) is 6.61 Å². The number of fused-ring (bicyclic) bond motifs is 1. The summed E-state index contributed by atoms with van der Waals surface area (Å²) in [5.74, 6) is -0.568. The van der Waals surface area contributed by atoms with Gasteiger partial charge in [0.05, 0.1) is 6.61 Å². The summed E-state index contributed by atoms with van der Waals surface area (Å²) in [5.41, 5.74) is 0.455. The molecule has 0 radical (unpaired) electrons. The standard InChI is InChI=1S/C7H5BrN4O3/c1-2-14-7(13)3-4(8)10-6-5(9-3)11-15-12-6/h2H2,1H3. The van der Waals surface area contributed by atoms with Gasteiger partial charge in [-0.1, -0.05) is 0 Å². The van der Waals surface area contributed by atoms with E-state index in [-0.39, 0.29) is 28.2 Å². The molecule has 2 rings (SSSR count). The van der Waals surface area contributed by atoms with E-state index in [9.17, 15) is 4.79 Å². The Kier molecular flexibility index (Phi) is 2.58. The number of hydrogen-bond acceptors (Lipinski definition) is 7. The van der Waals surface area contributed by atoms with Crippen LogP contribution in [0.2, 0.25) is 0 Å². The fourth-order valence-electron chi connectivity index (χ4n) is 0.948. The largest absolute Gasteiger partial charge is 0.461 e. The Bertz CT molecular complexity index is 512. The Labute approximate surface area is 91.9 Å². The van der Waals surface area contributed by atoms with Gasteiger partial charge in [0.25, 0.3) is 0 Å². The minimum absolute atomic E-state index is 0.0556. The van der Waals surface area contributed by atoms with Crippen molar-refractivity contribution in [1.82, 2.24) is 20.3 Å². The van der Waals surface area contributed by atoms with E-state index in [1.54, 1.807) is 6.92 Å². The summed E-state index contributed by atoms with van der Waals surface area (Å²) in [6, 6.07) is 0. The van der Waals surface area contributed by atoms with Crippen molar-refractivity contribution >= 4 is 33.2 Å². The third-order valence-electron chi connectivity index (χ3n) is 1.54. The average molecular weight is 273 g/mol. The number of ether oxygens (including phenoxy) is 1. The second-order valence-electron chi connectivity index (χ2n) is 2.49. The summed E-state index contributed by atoms with van der Waals surface area (Å²) in [5, 5.41) is 6.96. The first-order valence-corrected chi connectivity index (χ1v) is 4.84. The number of nitrogens with zero attached hydrogens (tertiary/aromatic N) is 4. The van der Waals surface area contributed by atoms with Gasteiger partial charge in [0.15, 0.2) is 5.69 Å². The van der Waals surface area contributed by atoms with Crippen molar-refractivity contribution in [1.29, 1.82) is 0 Å². The maximum Gasteiger partial charge on any atom is 0.359 e. The summed E-state index contributed by atoms with van der Waals surface area (Å²) in [7, 11) is 0. The van der Waals surface area contributed by atoms with E-state index >= 15 is 0 Å². The van der Waals surface area contributed by atoms with Crippen LogP contribution in [0.15, 0.2) is 9.23 Å². The molecule has 0 saturated carbocycles. The van der Waals surface area contributed by atoms with Crippen LogP contribution in [-0.2, 0) is 4.74 Å². The van der Waals surface area contributed by atoms with Gasteiger partial charge < -0.3 is 4.74 Å². The highest BCUT2D eigenvalue weighted by Gasteiger charge is 2.17. The predicted octanol–water partition coefficient (Wildman–Crippen LogP) is 0.952. The van der Waals surface area contributed by atoms with E-state index in [2.05, 4.69) is 40.8 Å². The molecule has 15 heavy (non-hydrogen) atoms. The molecule has 7 nitrogen and oxygen atoms in total. The molecule has 0 aromatic carbocycles. The molecule has 0 bridgehead atoms. The van der Waals surface area contributed by atoms with Crippen LogP contribution < -0.4 is 0 Å². The van der Waals surface area contributed by atoms with E-state index in [0.29, 0.717) is 0 Å². The van der Waals surface area contributed by atoms with Gasteiger partial charge >= 0.3 is 5.97 Å². The van der Waals surface area contributed by atoms with Crippen LogP contribution in [0.3, 0.4) is 0 Å². The molecule has 2 aromatic heterocycles. The minimum atomic E-state index is -0.568. The van der Waals surface area contributed by atoms with Crippen LogP contribution in [0.5, 0.6) is 0 Å². The Morgan fingerprint density at radius 2 is 2.07 bits per heavy atom. The third-order valence-corrected chi connectivity index (χ3v) is 2.09. The molecular weight excluding hydrogens is 268 g/mol. The Hall–Kier alpha value is -1.57. The lowest BCUT2D eigenvalue weighted by Gasteiger charge is -2.00. The quantitative estimate of drug-likeness (QED) is 0.752. The predicted molar refractivity (Wildman–Crippen MR) is 51.1 cm³/mol. The van der Waals surface area contributed by atoms with Crippen molar-refractivity contribution < 1.29 is 14.2 Å². The highest BCUT2D eigenvalue weighted by Crippen LogP contribution is 2.15. The van der Waals surface area contributed by atoms with Crippen LogP contribution in [0, 0.1) is 0 Å². The second kappa shape index (κ2) is 3.89. The van der Waals surface area contributed by atoms with Gasteiger partial charge in [-0.2, -0.15) is 0 Å². The van der Waals surface area contributed by atoms with Gasteiger partial charge in [0.1, 0.15) is 4.60 Å². The molecule has 8 heteroatoms. The molecule has 2 heterocycles. The van der Waals surface area contributed by atoms with Gasteiger partial charge in [-0.15, -0.1) is 0 Å².